The van der Waals surface area contributed by atoms with Crippen LogP contribution in [0.3, 0.4) is 0 Å². The third kappa shape index (κ3) is 15.9. The summed E-state index contributed by atoms with van der Waals surface area (Å²) in [6, 6.07) is 0.490. The van der Waals surface area contributed by atoms with Gasteiger partial charge in [-0.3, -0.25) is 4.79 Å². The maximum absolute atomic E-state index is 11.3. The van der Waals surface area contributed by atoms with Gasteiger partial charge in [0.25, 0.3) is 0 Å². The Hall–Kier alpha value is -0.530. The van der Waals surface area contributed by atoms with Crippen molar-refractivity contribution in [1.82, 2.24) is 5.32 Å². The maximum atomic E-state index is 11.3. The zero-order chi connectivity index (χ0) is 16.6. The summed E-state index contributed by atoms with van der Waals surface area (Å²) in [6.45, 7) is 12.8. The number of rotatable bonds is 16. The van der Waals surface area contributed by atoms with Gasteiger partial charge in [-0.25, -0.2) is 0 Å². The van der Waals surface area contributed by atoms with Gasteiger partial charge in [0, 0.05) is 18.5 Å². The summed E-state index contributed by atoms with van der Waals surface area (Å²) in [6.07, 6.45) is 0. The molecule has 0 atom stereocenters. The van der Waals surface area contributed by atoms with Crippen molar-refractivity contribution in [3.63, 3.8) is 0 Å². The molecule has 0 fully saturated rings. The third-order valence-corrected chi connectivity index (χ3v) is 2.80. The zero-order valence-corrected chi connectivity index (χ0v) is 14.6. The van der Waals surface area contributed by atoms with Crippen molar-refractivity contribution in [1.29, 1.82) is 0 Å². The molecule has 0 saturated heterocycles. The Morgan fingerprint density at radius 1 is 0.773 bits per heavy atom. The van der Waals surface area contributed by atoms with Crippen molar-refractivity contribution in [2.75, 3.05) is 59.4 Å². The number of nitrogens with one attached hydrogen (secondary N) is 1. The molecule has 0 heterocycles. The summed E-state index contributed by atoms with van der Waals surface area (Å²) >= 11 is 0. The fraction of sp³-hybridized carbons (Fsp3) is 0.938. The molecule has 132 valence electrons. The quantitative estimate of drug-likeness (QED) is 0.432. The normalized spacial score (nSPS) is 11.5. The molecule has 6 heteroatoms. The lowest BCUT2D eigenvalue weighted by Gasteiger charge is -2.09. The van der Waals surface area contributed by atoms with Crippen molar-refractivity contribution in [2.24, 2.45) is 5.92 Å². The lowest BCUT2D eigenvalue weighted by Crippen LogP contribution is -2.27. The molecule has 0 unspecified atom stereocenters. The van der Waals surface area contributed by atoms with Gasteiger partial charge in [-0.2, -0.15) is 0 Å². The standard InChI is InChI=1S/C16H33NO5/c1-14(2)16(18)13-22-12-11-21-10-9-20-8-7-19-6-5-17-15(3)4/h14-15,17H,5-13H2,1-4H3. The first kappa shape index (κ1) is 21.5. The van der Waals surface area contributed by atoms with E-state index in [0.717, 1.165) is 6.54 Å². The largest absolute Gasteiger partial charge is 0.378 e. The molecule has 0 rings (SSSR count). The van der Waals surface area contributed by atoms with E-state index in [0.29, 0.717) is 52.3 Å². The van der Waals surface area contributed by atoms with Crippen molar-refractivity contribution in [3.8, 4) is 0 Å². The lowest BCUT2D eigenvalue weighted by molar-refractivity contribution is -0.127. The highest BCUT2D eigenvalue weighted by Gasteiger charge is 2.06. The highest BCUT2D eigenvalue weighted by molar-refractivity contribution is 5.81. The van der Waals surface area contributed by atoms with E-state index in [1.165, 1.54) is 0 Å². The molecule has 0 radical (unpaired) electrons. The second-order valence-electron chi connectivity index (χ2n) is 5.62. The number of hydrogen-bond acceptors (Lipinski definition) is 6. The fourth-order valence-electron chi connectivity index (χ4n) is 1.42. The van der Waals surface area contributed by atoms with Gasteiger partial charge in [0.2, 0.25) is 0 Å². The van der Waals surface area contributed by atoms with Crippen LogP contribution in [0.25, 0.3) is 0 Å². The van der Waals surface area contributed by atoms with Crippen LogP contribution in [0.1, 0.15) is 27.7 Å². The summed E-state index contributed by atoms with van der Waals surface area (Å²) < 4.78 is 21.3. The van der Waals surface area contributed by atoms with Gasteiger partial charge in [0.15, 0.2) is 5.78 Å². The number of ketones is 1. The SMILES string of the molecule is CC(C)NCCOCCOCCOCCOCC(=O)C(C)C. The highest BCUT2D eigenvalue weighted by atomic mass is 16.6. The van der Waals surface area contributed by atoms with E-state index in [4.69, 9.17) is 18.9 Å². The van der Waals surface area contributed by atoms with Gasteiger partial charge in [0.05, 0.1) is 46.2 Å². The third-order valence-electron chi connectivity index (χ3n) is 2.80. The number of carbonyl (C=O) groups excluding carboxylic acids is 1. The first-order chi connectivity index (χ1) is 10.5. The predicted molar refractivity (Wildman–Crippen MR) is 86.3 cm³/mol. The van der Waals surface area contributed by atoms with Crippen LogP contribution in [0.15, 0.2) is 0 Å². The van der Waals surface area contributed by atoms with Gasteiger partial charge in [-0.05, 0) is 0 Å². The topological polar surface area (TPSA) is 66.0 Å². The Balaban J connectivity index is 3.07. The summed E-state index contributed by atoms with van der Waals surface area (Å²) in [4.78, 5) is 11.3. The monoisotopic (exact) mass is 319 g/mol. The van der Waals surface area contributed by atoms with Crippen LogP contribution in [0.5, 0.6) is 0 Å². The molecule has 0 aliphatic rings. The molecular formula is C16H33NO5. The van der Waals surface area contributed by atoms with E-state index in [1.807, 2.05) is 13.8 Å². The van der Waals surface area contributed by atoms with E-state index >= 15 is 0 Å². The Bertz CT molecular complexity index is 259. The molecule has 0 bridgehead atoms. The molecule has 0 aliphatic carbocycles. The van der Waals surface area contributed by atoms with E-state index < -0.39 is 0 Å². The average Bonchev–Trinajstić information content (AvgIpc) is 2.46. The van der Waals surface area contributed by atoms with E-state index in [-0.39, 0.29) is 18.3 Å². The summed E-state index contributed by atoms with van der Waals surface area (Å²) in [5.74, 6) is 0.143. The molecule has 0 spiro atoms. The predicted octanol–water partition coefficient (Wildman–Crippen LogP) is 1.28. The molecule has 6 nitrogen and oxygen atoms in total. The van der Waals surface area contributed by atoms with E-state index in [1.54, 1.807) is 0 Å². The second-order valence-corrected chi connectivity index (χ2v) is 5.62. The smallest absolute Gasteiger partial charge is 0.160 e. The fourth-order valence-corrected chi connectivity index (χ4v) is 1.42. The van der Waals surface area contributed by atoms with Crippen molar-refractivity contribution in [3.05, 3.63) is 0 Å². The first-order valence-corrected chi connectivity index (χ1v) is 8.11. The molecule has 22 heavy (non-hydrogen) atoms. The van der Waals surface area contributed by atoms with Crippen LogP contribution in [-0.4, -0.2) is 71.2 Å². The van der Waals surface area contributed by atoms with Crippen molar-refractivity contribution < 1.29 is 23.7 Å². The summed E-state index contributed by atoms with van der Waals surface area (Å²) in [7, 11) is 0. The van der Waals surface area contributed by atoms with Crippen LogP contribution in [0.2, 0.25) is 0 Å². The van der Waals surface area contributed by atoms with Crippen molar-refractivity contribution in [2.45, 2.75) is 33.7 Å². The Morgan fingerprint density at radius 2 is 1.23 bits per heavy atom. The first-order valence-electron chi connectivity index (χ1n) is 8.11. The second kappa shape index (κ2) is 15.4. The van der Waals surface area contributed by atoms with Gasteiger partial charge in [-0.1, -0.05) is 27.7 Å². The average molecular weight is 319 g/mol. The Morgan fingerprint density at radius 3 is 1.68 bits per heavy atom. The molecule has 0 amide bonds. The number of hydrogen-bond donors (Lipinski definition) is 1. The maximum Gasteiger partial charge on any atom is 0.160 e. The minimum atomic E-state index is 0.0256. The molecule has 0 saturated carbocycles. The van der Waals surface area contributed by atoms with E-state index in [9.17, 15) is 4.79 Å². The van der Waals surface area contributed by atoms with Gasteiger partial charge in [-0.15, -0.1) is 0 Å². The highest BCUT2D eigenvalue weighted by Crippen LogP contribution is 1.94. The van der Waals surface area contributed by atoms with Crippen LogP contribution in [0, 0.1) is 5.92 Å². The van der Waals surface area contributed by atoms with Gasteiger partial charge < -0.3 is 24.3 Å². The zero-order valence-electron chi connectivity index (χ0n) is 14.6. The molecule has 0 aromatic rings. The molecule has 0 aromatic heterocycles. The minimum Gasteiger partial charge on any atom is -0.378 e. The van der Waals surface area contributed by atoms with Crippen molar-refractivity contribution >= 4 is 5.78 Å². The lowest BCUT2D eigenvalue weighted by atomic mass is 10.1. The van der Waals surface area contributed by atoms with Crippen LogP contribution < -0.4 is 5.32 Å². The van der Waals surface area contributed by atoms with Gasteiger partial charge >= 0.3 is 0 Å². The van der Waals surface area contributed by atoms with Crippen LogP contribution >= 0.6 is 0 Å². The van der Waals surface area contributed by atoms with Crippen LogP contribution in [0.4, 0.5) is 0 Å². The number of carbonyl (C=O) groups is 1. The minimum absolute atomic E-state index is 0.0256. The molecule has 0 aliphatic heterocycles. The summed E-state index contributed by atoms with van der Waals surface area (Å²) in [5, 5.41) is 3.28. The van der Waals surface area contributed by atoms with Gasteiger partial charge in [0.1, 0.15) is 6.61 Å². The molecule has 1 N–H and O–H groups in total. The molecule has 0 aromatic carbocycles. The number of ether oxygens (including phenoxy) is 4. The Kier molecular flexibility index (Phi) is 15.0. The summed E-state index contributed by atoms with van der Waals surface area (Å²) in [5.41, 5.74) is 0. The Labute approximate surface area is 134 Å². The molecular weight excluding hydrogens is 286 g/mol. The number of Topliss-reactive ketones (excluding diaryl/α,β-unsaturated/α-hetero) is 1. The van der Waals surface area contributed by atoms with Crippen LogP contribution in [-0.2, 0) is 23.7 Å². The van der Waals surface area contributed by atoms with E-state index in [2.05, 4.69) is 19.2 Å².